The normalized spacial score (nSPS) is 11.2. The van der Waals surface area contributed by atoms with Gasteiger partial charge in [0.2, 0.25) is 0 Å². The maximum absolute atomic E-state index is 4.38. The molecule has 0 bridgehead atoms. The van der Waals surface area contributed by atoms with Gasteiger partial charge in [-0.25, -0.2) is 4.98 Å². The molecule has 3 heteroatoms. The fourth-order valence-corrected chi connectivity index (χ4v) is 2.25. The van der Waals surface area contributed by atoms with E-state index >= 15 is 0 Å². The van der Waals surface area contributed by atoms with Crippen LogP contribution in [0.1, 0.15) is 11.5 Å². The zero-order valence-corrected chi connectivity index (χ0v) is 10.1. The monoisotopic (exact) mass is 225 g/mol. The summed E-state index contributed by atoms with van der Waals surface area (Å²) in [6.07, 6.45) is 3.83. The molecule has 3 nitrogen and oxygen atoms in total. The third-order valence-electron chi connectivity index (χ3n) is 3.24. The molecule has 0 radical (unpaired) electrons. The van der Waals surface area contributed by atoms with Gasteiger partial charge in [-0.3, -0.25) is 0 Å². The smallest absolute Gasteiger partial charge is 0.128 e. The Morgan fingerprint density at radius 2 is 2.06 bits per heavy atom. The summed E-state index contributed by atoms with van der Waals surface area (Å²) in [5.41, 5.74) is 2.54. The predicted molar refractivity (Wildman–Crippen MR) is 69.0 cm³/mol. The number of fused-ring (bicyclic) bond motifs is 1. The van der Waals surface area contributed by atoms with E-state index in [-0.39, 0.29) is 0 Å². The Balaban J connectivity index is 2.11. The van der Waals surface area contributed by atoms with Gasteiger partial charge in [0.1, 0.15) is 5.82 Å². The first-order valence-corrected chi connectivity index (χ1v) is 5.77. The molecule has 0 aliphatic rings. The summed E-state index contributed by atoms with van der Waals surface area (Å²) < 4.78 is 4.37. The Morgan fingerprint density at radius 1 is 1.24 bits per heavy atom. The lowest BCUT2D eigenvalue weighted by molar-refractivity contribution is 0.704. The van der Waals surface area contributed by atoms with Gasteiger partial charge in [0.25, 0.3) is 0 Å². The van der Waals surface area contributed by atoms with Gasteiger partial charge in [0, 0.05) is 30.7 Å². The molecule has 0 saturated carbocycles. The Kier molecular flexibility index (Phi) is 2.25. The average Bonchev–Trinajstić information content (AvgIpc) is 2.85. The summed E-state index contributed by atoms with van der Waals surface area (Å²) in [6, 6.07) is 10.7. The zero-order chi connectivity index (χ0) is 11.8. The summed E-state index contributed by atoms with van der Waals surface area (Å²) in [7, 11) is 2.03. The van der Waals surface area contributed by atoms with Gasteiger partial charge in [-0.2, -0.15) is 0 Å². The number of rotatable bonds is 2. The second-order valence-corrected chi connectivity index (χ2v) is 4.39. The highest BCUT2D eigenvalue weighted by Gasteiger charge is 2.07. The van der Waals surface area contributed by atoms with E-state index in [1.807, 2.05) is 19.4 Å². The first-order valence-electron chi connectivity index (χ1n) is 5.77. The minimum absolute atomic E-state index is 0.822. The number of aryl methyl sites for hydroxylation is 2. The predicted octanol–water partition coefficient (Wildman–Crippen LogP) is 2.73. The van der Waals surface area contributed by atoms with E-state index in [9.17, 15) is 0 Å². The van der Waals surface area contributed by atoms with Crippen LogP contribution in [-0.4, -0.2) is 14.1 Å². The van der Waals surface area contributed by atoms with E-state index in [4.69, 9.17) is 0 Å². The summed E-state index contributed by atoms with van der Waals surface area (Å²) in [4.78, 5) is 4.38. The fourth-order valence-electron chi connectivity index (χ4n) is 2.25. The lowest BCUT2D eigenvalue weighted by Gasteiger charge is -2.08. The Bertz CT molecular complexity index is 661. The first kappa shape index (κ1) is 10.1. The number of hydrogen-bond acceptors (Lipinski definition) is 1. The highest BCUT2D eigenvalue weighted by Crippen LogP contribution is 2.20. The Hall–Kier alpha value is -2.03. The van der Waals surface area contributed by atoms with E-state index < -0.39 is 0 Å². The molecule has 0 amide bonds. The number of hydrogen-bond donors (Lipinski definition) is 0. The molecule has 0 N–H and O–H groups in total. The van der Waals surface area contributed by atoms with Gasteiger partial charge >= 0.3 is 0 Å². The first-order chi connectivity index (χ1) is 8.25. The lowest BCUT2D eigenvalue weighted by Crippen LogP contribution is -2.06. The number of para-hydroxylation sites is 1. The largest absolute Gasteiger partial charge is 0.337 e. The molecular weight excluding hydrogens is 210 g/mol. The van der Waals surface area contributed by atoms with Crippen molar-refractivity contribution in [2.24, 2.45) is 7.05 Å². The molecule has 0 atom stereocenters. The van der Waals surface area contributed by atoms with E-state index in [0.717, 1.165) is 12.4 Å². The van der Waals surface area contributed by atoms with Crippen LogP contribution in [0, 0.1) is 6.92 Å². The third-order valence-corrected chi connectivity index (χ3v) is 3.24. The summed E-state index contributed by atoms with van der Waals surface area (Å²) in [6.45, 7) is 2.96. The summed E-state index contributed by atoms with van der Waals surface area (Å²) >= 11 is 0. The van der Waals surface area contributed by atoms with Crippen LogP contribution >= 0.6 is 0 Å². The van der Waals surface area contributed by atoms with Gasteiger partial charge in [-0.1, -0.05) is 18.2 Å². The van der Waals surface area contributed by atoms with E-state index in [1.165, 1.54) is 16.6 Å². The molecule has 0 saturated heterocycles. The molecule has 3 rings (SSSR count). The molecule has 2 aromatic heterocycles. The van der Waals surface area contributed by atoms with Gasteiger partial charge in [-0.15, -0.1) is 0 Å². The maximum Gasteiger partial charge on any atom is 0.128 e. The molecular formula is C14H15N3. The molecule has 2 heterocycles. The van der Waals surface area contributed by atoms with Crippen molar-refractivity contribution in [2.75, 3.05) is 0 Å². The van der Waals surface area contributed by atoms with Crippen LogP contribution in [0.25, 0.3) is 10.9 Å². The highest BCUT2D eigenvalue weighted by molar-refractivity contribution is 5.81. The number of aromatic nitrogens is 3. The molecule has 0 aliphatic heterocycles. The fraction of sp³-hybridized carbons (Fsp3) is 0.214. The molecule has 17 heavy (non-hydrogen) atoms. The van der Waals surface area contributed by atoms with E-state index in [0.29, 0.717) is 0 Å². The van der Waals surface area contributed by atoms with Crippen molar-refractivity contribution in [3.8, 4) is 0 Å². The minimum atomic E-state index is 0.822. The van der Waals surface area contributed by atoms with Crippen LogP contribution < -0.4 is 0 Å². The second-order valence-electron chi connectivity index (χ2n) is 4.39. The van der Waals surface area contributed by atoms with Crippen molar-refractivity contribution in [1.82, 2.24) is 14.1 Å². The molecule has 0 spiro atoms. The van der Waals surface area contributed by atoms with Crippen molar-refractivity contribution in [2.45, 2.75) is 13.5 Å². The Morgan fingerprint density at radius 3 is 2.82 bits per heavy atom. The van der Waals surface area contributed by atoms with Crippen LogP contribution in [-0.2, 0) is 13.6 Å². The number of nitrogens with zero attached hydrogens (tertiary/aromatic N) is 3. The average molecular weight is 225 g/mol. The zero-order valence-electron chi connectivity index (χ0n) is 10.1. The van der Waals surface area contributed by atoms with Crippen molar-refractivity contribution in [3.63, 3.8) is 0 Å². The SMILES string of the molecule is Cc1cc2ccccc2n1Cc1nccn1C. The lowest BCUT2D eigenvalue weighted by atomic mass is 10.2. The topological polar surface area (TPSA) is 22.8 Å². The van der Waals surface area contributed by atoms with Crippen LogP contribution in [0.3, 0.4) is 0 Å². The van der Waals surface area contributed by atoms with Crippen LogP contribution in [0.2, 0.25) is 0 Å². The summed E-state index contributed by atoms with van der Waals surface area (Å²) in [5, 5.41) is 1.29. The van der Waals surface area contributed by atoms with E-state index in [1.54, 1.807) is 0 Å². The van der Waals surface area contributed by atoms with Crippen LogP contribution in [0.5, 0.6) is 0 Å². The number of imidazole rings is 1. The Labute approximate surface area is 100 Å². The highest BCUT2D eigenvalue weighted by atomic mass is 15.1. The molecule has 0 aliphatic carbocycles. The third kappa shape index (κ3) is 1.64. The molecule has 1 aromatic carbocycles. The standard InChI is InChI=1S/C14H15N3/c1-11-9-12-5-3-4-6-13(12)17(11)10-14-15-7-8-16(14)2/h3-9H,10H2,1-2H3. The minimum Gasteiger partial charge on any atom is -0.337 e. The maximum atomic E-state index is 4.38. The quantitative estimate of drug-likeness (QED) is 0.657. The van der Waals surface area contributed by atoms with Crippen LogP contribution in [0.4, 0.5) is 0 Å². The summed E-state index contributed by atoms with van der Waals surface area (Å²) in [5.74, 6) is 1.08. The molecule has 86 valence electrons. The number of benzene rings is 1. The second kappa shape index (κ2) is 3.77. The van der Waals surface area contributed by atoms with Crippen molar-refractivity contribution >= 4 is 10.9 Å². The van der Waals surface area contributed by atoms with Crippen molar-refractivity contribution < 1.29 is 0 Å². The van der Waals surface area contributed by atoms with Gasteiger partial charge in [0.05, 0.1) is 6.54 Å². The van der Waals surface area contributed by atoms with Crippen molar-refractivity contribution in [3.05, 3.63) is 54.2 Å². The van der Waals surface area contributed by atoms with Gasteiger partial charge < -0.3 is 9.13 Å². The van der Waals surface area contributed by atoms with Crippen molar-refractivity contribution in [1.29, 1.82) is 0 Å². The van der Waals surface area contributed by atoms with E-state index in [2.05, 4.69) is 51.4 Å². The van der Waals surface area contributed by atoms with Gasteiger partial charge in [0.15, 0.2) is 0 Å². The van der Waals surface area contributed by atoms with Crippen LogP contribution in [0.15, 0.2) is 42.7 Å². The molecule has 0 fully saturated rings. The van der Waals surface area contributed by atoms with Gasteiger partial charge in [-0.05, 0) is 24.4 Å². The molecule has 0 unspecified atom stereocenters. The molecule has 3 aromatic rings.